The zero-order valence-electron chi connectivity index (χ0n) is 14.9. The van der Waals surface area contributed by atoms with E-state index in [1.54, 1.807) is 12.1 Å². The van der Waals surface area contributed by atoms with Crippen LogP contribution < -0.4 is 9.47 Å². The van der Waals surface area contributed by atoms with E-state index < -0.39 is 0 Å². The molecular formula is C23H21ClO3. The Balaban J connectivity index is 1.52. The van der Waals surface area contributed by atoms with Gasteiger partial charge in [0.15, 0.2) is 6.29 Å². The molecule has 3 aromatic carbocycles. The molecule has 27 heavy (non-hydrogen) atoms. The number of aryl methyl sites for hydroxylation is 1. The van der Waals surface area contributed by atoms with E-state index in [1.807, 2.05) is 48.5 Å². The third kappa shape index (κ3) is 5.87. The molecule has 0 aromatic heterocycles. The quantitative estimate of drug-likeness (QED) is 0.350. The molecule has 0 saturated carbocycles. The van der Waals surface area contributed by atoms with Crippen molar-refractivity contribution in [3.63, 3.8) is 0 Å². The molecule has 3 nitrogen and oxygen atoms in total. The maximum Gasteiger partial charge on any atom is 0.153 e. The zero-order valence-corrected chi connectivity index (χ0v) is 15.7. The summed E-state index contributed by atoms with van der Waals surface area (Å²) in [5, 5.41) is 0.682. The second-order valence-electron chi connectivity index (χ2n) is 6.17. The van der Waals surface area contributed by atoms with Crippen molar-refractivity contribution >= 4 is 17.9 Å². The molecule has 0 bridgehead atoms. The highest BCUT2D eigenvalue weighted by Crippen LogP contribution is 2.24. The van der Waals surface area contributed by atoms with Crippen LogP contribution in [0.2, 0.25) is 5.02 Å². The summed E-state index contributed by atoms with van der Waals surface area (Å²) in [6, 6.07) is 23.0. The van der Waals surface area contributed by atoms with Gasteiger partial charge in [-0.2, -0.15) is 0 Å². The number of ether oxygens (including phenoxy) is 2. The maximum absolute atomic E-state index is 11.4. The Morgan fingerprint density at radius 3 is 2.37 bits per heavy atom. The number of carbonyl (C=O) groups excluding carboxylic acids is 1. The molecule has 0 amide bonds. The van der Waals surface area contributed by atoms with Gasteiger partial charge in [-0.05, 0) is 54.3 Å². The first-order valence-corrected chi connectivity index (χ1v) is 9.25. The van der Waals surface area contributed by atoms with Gasteiger partial charge in [0, 0.05) is 5.02 Å². The van der Waals surface area contributed by atoms with E-state index in [1.165, 1.54) is 5.56 Å². The average Bonchev–Trinajstić information content (AvgIpc) is 2.72. The smallest absolute Gasteiger partial charge is 0.153 e. The van der Waals surface area contributed by atoms with E-state index in [0.717, 1.165) is 24.7 Å². The van der Waals surface area contributed by atoms with Crippen LogP contribution in [0, 0.1) is 0 Å². The summed E-state index contributed by atoms with van der Waals surface area (Å²) in [5.41, 5.74) is 2.75. The highest BCUT2D eigenvalue weighted by Gasteiger charge is 2.06. The molecule has 0 unspecified atom stereocenters. The molecule has 0 spiro atoms. The summed E-state index contributed by atoms with van der Waals surface area (Å²) in [6.07, 6.45) is 2.66. The monoisotopic (exact) mass is 380 g/mol. The Morgan fingerprint density at radius 2 is 1.63 bits per heavy atom. The van der Waals surface area contributed by atoms with Crippen LogP contribution >= 0.6 is 11.6 Å². The predicted molar refractivity (Wildman–Crippen MR) is 108 cm³/mol. The van der Waals surface area contributed by atoms with Gasteiger partial charge in [0.2, 0.25) is 0 Å². The molecule has 0 fully saturated rings. The van der Waals surface area contributed by atoms with Crippen LogP contribution in [0.15, 0.2) is 72.8 Å². The summed E-state index contributed by atoms with van der Waals surface area (Å²) in [7, 11) is 0. The van der Waals surface area contributed by atoms with Crippen molar-refractivity contribution in [1.82, 2.24) is 0 Å². The van der Waals surface area contributed by atoms with Crippen molar-refractivity contribution in [2.24, 2.45) is 0 Å². The standard InChI is InChI=1S/C23H21ClO3/c24-21-10-8-19(9-11-21)17-27-23-13-12-22(15-20(23)16-25)26-14-4-7-18-5-2-1-3-6-18/h1-3,5-6,8-13,15-16H,4,7,14,17H2. The number of rotatable bonds is 9. The van der Waals surface area contributed by atoms with E-state index in [0.29, 0.717) is 35.3 Å². The summed E-state index contributed by atoms with van der Waals surface area (Å²) in [5.74, 6) is 1.21. The number of aldehydes is 1. The Kier molecular flexibility index (Phi) is 6.89. The number of hydrogen-bond donors (Lipinski definition) is 0. The van der Waals surface area contributed by atoms with Gasteiger partial charge in [-0.25, -0.2) is 0 Å². The van der Waals surface area contributed by atoms with Crippen LogP contribution in [-0.2, 0) is 13.0 Å². The van der Waals surface area contributed by atoms with E-state index in [4.69, 9.17) is 21.1 Å². The van der Waals surface area contributed by atoms with Gasteiger partial charge in [-0.3, -0.25) is 4.79 Å². The summed E-state index contributed by atoms with van der Waals surface area (Å²) >= 11 is 5.88. The summed E-state index contributed by atoms with van der Waals surface area (Å²) < 4.78 is 11.5. The first-order chi connectivity index (χ1) is 13.2. The largest absolute Gasteiger partial charge is 0.494 e. The fourth-order valence-corrected chi connectivity index (χ4v) is 2.82. The SMILES string of the molecule is O=Cc1cc(OCCCc2ccccc2)ccc1OCc1ccc(Cl)cc1. The van der Waals surface area contributed by atoms with Crippen LogP contribution in [-0.4, -0.2) is 12.9 Å². The van der Waals surface area contributed by atoms with Crippen molar-refractivity contribution in [2.75, 3.05) is 6.61 Å². The lowest BCUT2D eigenvalue weighted by atomic mass is 10.1. The van der Waals surface area contributed by atoms with E-state index in [2.05, 4.69) is 12.1 Å². The van der Waals surface area contributed by atoms with Gasteiger partial charge in [0.25, 0.3) is 0 Å². The molecule has 0 atom stereocenters. The van der Waals surface area contributed by atoms with Crippen LogP contribution in [0.4, 0.5) is 0 Å². The van der Waals surface area contributed by atoms with Crippen molar-refractivity contribution in [3.8, 4) is 11.5 Å². The Hall–Kier alpha value is -2.78. The second kappa shape index (κ2) is 9.79. The fourth-order valence-electron chi connectivity index (χ4n) is 2.69. The lowest BCUT2D eigenvalue weighted by molar-refractivity contribution is 0.111. The lowest BCUT2D eigenvalue weighted by Crippen LogP contribution is -2.02. The molecule has 138 valence electrons. The topological polar surface area (TPSA) is 35.5 Å². The number of hydrogen-bond acceptors (Lipinski definition) is 3. The number of halogens is 1. The maximum atomic E-state index is 11.4. The van der Waals surface area contributed by atoms with Gasteiger partial charge in [-0.15, -0.1) is 0 Å². The molecule has 0 N–H and O–H groups in total. The van der Waals surface area contributed by atoms with Crippen molar-refractivity contribution in [3.05, 3.63) is 94.5 Å². The minimum Gasteiger partial charge on any atom is -0.494 e. The molecular weight excluding hydrogens is 360 g/mol. The minimum absolute atomic E-state index is 0.370. The van der Waals surface area contributed by atoms with Gasteiger partial charge in [-0.1, -0.05) is 54.1 Å². The highest BCUT2D eigenvalue weighted by atomic mass is 35.5. The first kappa shape index (κ1) is 19.0. The van der Waals surface area contributed by atoms with Gasteiger partial charge in [0.1, 0.15) is 18.1 Å². The Labute approximate surface area is 164 Å². The molecule has 0 saturated heterocycles. The van der Waals surface area contributed by atoms with Gasteiger partial charge >= 0.3 is 0 Å². The Bertz CT molecular complexity index is 861. The molecule has 0 aliphatic rings. The summed E-state index contributed by atoms with van der Waals surface area (Å²) in [6.45, 7) is 0.966. The van der Waals surface area contributed by atoms with Crippen LogP contribution in [0.25, 0.3) is 0 Å². The molecule has 0 aliphatic carbocycles. The Morgan fingerprint density at radius 1 is 0.852 bits per heavy atom. The molecule has 0 heterocycles. The van der Waals surface area contributed by atoms with Crippen molar-refractivity contribution in [2.45, 2.75) is 19.4 Å². The summed E-state index contributed by atoms with van der Waals surface area (Å²) in [4.78, 5) is 11.4. The van der Waals surface area contributed by atoms with Crippen LogP contribution in [0.5, 0.6) is 11.5 Å². The molecule has 3 rings (SSSR count). The highest BCUT2D eigenvalue weighted by molar-refractivity contribution is 6.30. The molecule has 3 aromatic rings. The van der Waals surface area contributed by atoms with Gasteiger partial charge in [0.05, 0.1) is 12.2 Å². The normalized spacial score (nSPS) is 10.4. The fraction of sp³-hybridized carbons (Fsp3) is 0.174. The first-order valence-electron chi connectivity index (χ1n) is 8.88. The third-order valence-corrected chi connectivity index (χ3v) is 4.39. The predicted octanol–water partition coefficient (Wildman–Crippen LogP) is 5.74. The zero-order chi connectivity index (χ0) is 18.9. The van der Waals surface area contributed by atoms with Crippen molar-refractivity contribution in [1.29, 1.82) is 0 Å². The lowest BCUT2D eigenvalue weighted by Gasteiger charge is -2.11. The van der Waals surface area contributed by atoms with Crippen LogP contribution in [0.3, 0.4) is 0 Å². The van der Waals surface area contributed by atoms with E-state index in [9.17, 15) is 4.79 Å². The third-order valence-electron chi connectivity index (χ3n) is 4.14. The number of benzene rings is 3. The molecule has 4 heteroatoms. The minimum atomic E-state index is 0.370. The van der Waals surface area contributed by atoms with Crippen molar-refractivity contribution < 1.29 is 14.3 Å². The number of carbonyl (C=O) groups is 1. The van der Waals surface area contributed by atoms with E-state index >= 15 is 0 Å². The van der Waals surface area contributed by atoms with Crippen LogP contribution in [0.1, 0.15) is 27.9 Å². The van der Waals surface area contributed by atoms with E-state index in [-0.39, 0.29) is 0 Å². The second-order valence-corrected chi connectivity index (χ2v) is 6.61. The molecule has 0 radical (unpaired) electrons. The van der Waals surface area contributed by atoms with Gasteiger partial charge < -0.3 is 9.47 Å². The molecule has 0 aliphatic heterocycles. The average molecular weight is 381 g/mol.